The molecule has 0 saturated carbocycles. The van der Waals surface area contributed by atoms with Crippen molar-refractivity contribution in [3.63, 3.8) is 0 Å². The van der Waals surface area contributed by atoms with Gasteiger partial charge < -0.3 is 9.52 Å². The third kappa shape index (κ3) is 4.92. The number of hydrogen-bond donors (Lipinski definition) is 2. The molecule has 2 N–H and O–H groups in total. The molecule has 0 atom stereocenters. The van der Waals surface area contributed by atoms with Crippen molar-refractivity contribution in [3.05, 3.63) is 87.7 Å². The van der Waals surface area contributed by atoms with Crippen molar-refractivity contribution in [2.45, 2.75) is 6.42 Å². The summed E-state index contributed by atoms with van der Waals surface area (Å²) in [6, 6.07) is 15.5. The van der Waals surface area contributed by atoms with E-state index in [0.717, 1.165) is 0 Å². The molecule has 0 fully saturated rings. The van der Waals surface area contributed by atoms with Gasteiger partial charge in [-0.25, -0.2) is 10.2 Å². The second-order valence-electron chi connectivity index (χ2n) is 5.94. The molecular weight excluding hydrogens is 378 g/mol. The average molecular weight is 393 g/mol. The lowest BCUT2D eigenvalue weighted by Gasteiger charge is -2.01. The van der Waals surface area contributed by atoms with Crippen LogP contribution in [0.5, 0.6) is 0 Å². The first kappa shape index (κ1) is 19.5. The van der Waals surface area contributed by atoms with E-state index in [0.29, 0.717) is 17.1 Å². The number of carbonyl (C=O) groups is 2. The number of hydrogen-bond acceptors (Lipinski definition) is 6. The van der Waals surface area contributed by atoms with E-state index in [9.17, 15) is 19.7 Å². The van der Waals surface area contributed by atoms with Gasteiger partial charge in [-0.05, 0) is 24.3 Å². The van der Waals surface area contributed by atoms with Gasteiger partial charge in [-0.3, -0.25) is 14.9 Å². The smallest absolute Gasteiger partial charge is 0.335 e. The maximum Gasteiger partial charge on any atom is 0.335 e. The first-order chi connectivity index (χ1) is 13.9. The van der Waals surface area contributed by atoms with Crippen LogP contribution >= 0.6 is 0 Å². The number of aromatic carboxylic acids is 1. The molecule has 1 heterocycles. The lowest BCUT2D eigenvalue weighted by atomic mass is 10.1. The number of nitrogens with one attached hydrogen (secondary N) is 1. The largest absolute Gasteiger partial charge is 0.478 e. The summed E-state index contributed by atoms with van der Waals surface area (Å²) in [6.45, 7) is 0. The van der Waals surface area contributed by atoms with Crippen molar-refractivity contribution < 1.29 is 24.0 Å². The summed E-state index contributed by atoms with van der Waals surface area (Å²) in [5, 5.41) is 23.7. The van der Waals surface area contributed by atoms with E-state index in [-0.39, 0.29) is 23.2 Å². The van der Waals surface area contributed by atoms with Gasteiger partial charge >= 0.3 is 5.97 Å². The lowest BCUT2D eigenvalue weighted by Crippen LogP contribution is -2.20. The summed E-state index contributed by atoms with van der Waals surface area (Å²) in [4.78, 5) is 33.3. The molecule has 0 aliphatic rings. The normalized spacial score (nSPS) is 10.8. The predicted molar refractivity (Wildman–Crippen MR) is 104 cm³/mol. The van der Waals surface area contributed by atoms with E-state index in [1.165, 1.54) is 36.5 Å². The number of rotatable bonds is 7. The predicted octanol–water partition coefficient (Wildman–Crippen LogP) is 3.25. The number of para-hydroxylation sites is 1. The highest BCUT2D eigenvalue weighted by Gasteiger charge is 2.15. The van der Waals surface area contributed by atoms with Gasteiger partial charge in [0.15, 0.2) is 0 Å². The zero-order chi connectivity index (χ0) is 20.8. The fraction of sp³-hybridized carbons (Fsp3) is 0.0500. The molecule has 29 heavy (non-hydrogen) atoms. The highest BCUT2D eigenvalue weighted by atomic mass is 16.6. The molecule has 3 rings (SSSR count). The Hall–Kier alpha value is -4.27. The minimum atomic E-state index is -1.01. The summed E-state index contributed by atoms with van der Waals surface area (Å²) < 4.78 is 5.58. The highest BCUT2D eigenvalue weighted by Crippen LogP contribution is 2.22. The van der Waals surface area contributed by atoms with E-state index in [2.05, 4.69) is 10.5 Å². The Morgan fingerprint density at radius 2 is 1.83 bits per heavy atom. The van der Waals surface area contributed by atoms with Crippen molar-refractivity contribution in [3.8, 4) is 11.3 Å². The molecule has 2 aromatic carbocycles. The fourth-order valence-corrected chi connectivity index (χ4v) is 2.57. The Morgan fingerprint density at radius 3 is 2.52 bits per heavy atom. The first-order valence-corrected chi connectivity index (χ1v) is 8.42. The van der Waals surface area contributed by atoms with Gasteiger partial charge in [0, 0.05) is 17.2 Å². The van der Waals surface area contributed by atoms with Crippen molar-refractivity contribution >= 4 is 23.8 Å². The summed E-state index contributed by atoms with van der Waals surface area (Å²) >= 11 is 0. The molecule has 0 unspecified atom stereocenters. The van der Waals surface area contributed by atoms with E-state index in [1.807, 2.05) is 0 Å². The zero-order valence-corrected chi connectivity index (χ0v) is 14.9. The van der Waals surface area contributed by atoms with Gasteiger partial charge in [-0.15, -0.1) is 0 Å². The van der Waals surface area contributed by atoms with Crippen molar-refractivity contribution in [1.29, 1.82) is 0 Å². The van der Waals surface area contributed by atoms with Crippen LogP contribution in [-0.2, 0) is 11.2 Å². The number of carboxylic acid groups (broad SMARTS) is 1. The molecule has 0 aliphatic heterocycles. The topological polar surface area (TPSA) is 135 Å². The molecule has 146 valence electrons. The Kier molecular flexibility index (Phi) is 5.79. The van der Waals surface area contributed by atoms with Gasteiger partial charge in [0.1, 0.15) is 11.5 Å². The molecule has 1 aromatic heterocycles. The molecule has 9 nitrogen and oxygen atoms in total. The molecule has 9 heteroatoms. The Balaban J connectivity index is 1.61. The third-order valence-electron chi connectivity index (χ3n) is 3.96. The number of hydrazone groups is 1. The number of benzene rings is 2. The molecule has 0 aliphatic carbocycles. The van der Waals surface area contributed by atoms with Crippen LogP contribution in [0.1, 0.15) is 21.7 Å². The molecule has 3 aromatic rings. The number of nitro benzene ring substituents is 1. The fourth-order valence-electron chi connectivity index (χ4n) is 2.57. The van der Waals surface area contributed by atoms with Gasteiger partial charge in [0.05, 0.1) is 23.1 Å². The second kappa shape index (κ2) is 8.61. The monoisotopic (exact) mass is 393 g/mol. The summed E-state index contributed by atoms with van der Waals surface area (Å²) in [7, 11) is 0. The van der Waals surface area contributed by atoms with Crippen molar-refractivity contribution in [2.75, 3.05) is 0 Å². The van der Waals surface area contributed by atoms with E-state index >= 15 is 0 Å². The van der Waals surface area contributed by atoms with Crippen LogP contribution in [0.25, 0.3) is 11.3 Å². The summed E-state index contributed by atoms with van der Waals surface area (Å²) in [5.74, 6) is -0.644. The number of nitro groups is 1. The number of furan rings is 1. The summed E-state index contributed by atoms with van der Waals surface area (Å²) in [6.07, 6.45) is 1.11. The van der Waals surface area contributed by atoms with Crippen LogP contribution in [0.3, 0.4) is 0 Å². The Bertz CT molecular complexity index is 1090. The number of amides is 1. The second-order valence-corrected chi connectivity index (χ2v) is 5.94. The maximum absolute atomic E-state index is 12.0. The lowest BCUT2D eigenvalue weighted by molar-refractivity contribution is -0.385. The zero-order valence-electron chi connectivity index (χ0n) is 14.9. The number of nitrogens with zero attached hydrogens (tertiary/aromatic N) is 2. The van der Waals surface area contributed by atoms with Crippen molar-refractivity contribution in [1.82, 2.24) is 5.43 Å². The van der Waals surface area contributed by atoms with Gasteiger partial charge in [-0.1, -0.05) is 30.3 Å². The molecular formula is C20H15N3O6. The summed E-state index contributed by atoms with van der Waals surface area (Å²) in [5.41, 5.74) is 3.32. The Labute approximate surface area is 164 Å². The van der Waals surface area contributed by atoms with Crippen molar-refractivity contribution in [2.24, 2.45) is 5.10 Å². The van der Waals surface area contributed by atoms with Crippen LogP contribution < -0.4 is 5.43 Å². The number of carboxylic acids is 1. The van der Waals surface area contributed by atoms with Gasteiger partial charge in [-0.2, -0.15) is 5.10 Å². The average Bonchev–Trinajstić information content (AvgIpc) is 3.17. The van der Waals surface area contributed by atoms with E-state index in [1.54, 1.807) is 30.3 Å². The number of carbonyl (C=O) groups excluding carboxylic acids is 1. The minimum Gasteiger partial charge on any atom is -0.478 e. The van der Waals surface area contributed by atoms with Crippen LogP contribution in [0.15, 0.2) is 70.2 Å². The molecule has 0 spiro atoms. The van der Waals surface area contributed by atoms with Gasteiger partial charge in [0.25, 0.3) is 5.69 Å². The van der Waals surface area contributed by atoms with Crippen LogP contribution in [0, 0.1) is 10.1 Å². The highest BCUT2D eigenvalue weighted by molar-refractivity contribution is 5.88. The molecule has 0 saturated heterocycles. The van der Waals surface area contributed by atoms with Crippen LogP contribution in [-0.4, -0.2) is 28.1 Å². The SMILES string of the molecule is O=C(Cc1ccccc1[N+](=O)[O-])NN=Cc1ccc(-c2ccc(C(=O)O)cc2)o1. The standard InChI is InChI=1S/C20H15N3O6/c24-19(11-15-3-1-2-4-17(15)23(27)28)22-21-12-16-9-10-18(29-16)13-5-7-14(8-6-13)20(25)26/h1-10,12H,11H2,(H,22,24)(H,25,26). The molecule has 1 amide bonds. The first-order valence-electron chi connectivity index (χ1n) is 8.42. The quantitative estimate of drug-likeness (QED) is 0.359. The maximum atomic E-state index is 12.0. The van der Waals surface area contributed by atoms with Gasteiger partial charge in [0.2, 0.25) is 5.91 Å². The van der Waals surface area contributed by atoms with E-state index in [4.69, 9.17) is 9.52 Å². The van der Waals surface area contributed by atoms with Crippen LogP contribution in [0.4, 0.5) is 5.69 Å². The Morgan fingerprint density at radius 1 is 1.10 bits per heavy atom. The van der Waals surface area contributed by atoms with Crippen LogP contribution in [0.2, 0.25) is 0 Å². The minimum absolute atomic E-state index is 0.128. The molecule has 0 bridgehead atoms. The van der Waals surface area contributed by atoms with E-state index < -0.39 is 16.8 Å². The molecule has 0 radical (unpaired) electrons. The third-order valence-corrected chi connectivity index (χ3v) is 3.96.